The molecule has 39 heavy (non-hydrogen) atoms. The van der Waals surface area contributed by atoms with E-state index in [2.05, 4.69) is 17.6 Å². The summed E-state index contributed by atoms with van der Waals surface area (Å²) in [5.41, 5.74) is 0.655. The van der Waals surface area contributed by atoms with Gasteiger partial charge in [-0.05, 0) is 62.3 Å². The first-order valence-electron chi connectivity index (χ1n) is 14.7. The molecule has 4 aliphatic rings. The Morgan fingerprint density at radius 2 is 1.85 bits per heavy atom. The largest absolute Gasteiger partial charge is 0.494 e. The molecule has 1 aliphatic carbocycles. The van der Waals surface area contributed by atoms with Gasteiger partial charge < -0.3 is 25.4 Å². The van der Waals surface area contributed by atoms with E-state index in [-0.39, 0.29) is 47.5 Å². The van der Waals surface area contributed by atoms with E-state index < -0.39 is 28.7 Å². The van der Waals surface area contributed by atoms with Crippen molar-refractivity contribution in [2.24, 2.45) is 23.7 Å². The van der Waals surface area contributed by atoms with Crippen LogP contribution in [0, 0.1) is 23.7 Å². The number of aliphatic hydroxyl groups is 1. The van der Waals surface area contributed by atoms with E-state index in [4.69, 9.17) is 4.74 Å². The number of carbonyl (C=O) groups excluding carboxylic acids is 3. The molecule has 1 aromatic rings. The average molecular weight is 558 g/mol. The van der Waals surface area contributed by atoms with E-state index in [0.717, 1.165) is 37.9 Å². The van der Waals surface area contributed by atoms with E-state index >= 15 is 0 Å². The van der Waals surface area contributed by atoms with Crippen molar-refractivity contribution >= 4 is 35.2 Å². The molecule has 3 heterocycles. The van der Waals surface area contributed by atoms with Crippen molar-refractivity contribution in [3.8, 4) is 5.75 Å². The number of rotatable bonds is 9. The van der Waals surface area contributed by atoms with Crippen LogP contribution in [-0.4, -0.2) is 69.1 Å². The highest BCUT2D eigenvalue weighted by molar-refractivity contribution is 8.02. The van der Waals surface area contributed by atoms with Gasteiger partial charge in [0.05, 0.1) is 35.8 Å². The minimum absolute atomic E-state index is 0.0320. The van der Waals surface area contributed by atoms with Gasteiger partial charge in [-0.25, -0.2) is 0 Å². The van der Waals surface area contributed by atoms with Gasteiger partial charge in [0.2, 0.25) is 17.7 Å². The third kappa shape index (κ3) is 4.83. The fourth-order valence-electron chi connectivity index (χ4n) is 7.59. The summed E-state index contributed by atoms with van der Waals surface area (Å²) < 4.78 is 4.82. The van der Waals surface area contributed by atoms with Crippen LogP contribution in [0.25, 0.3) is 0 Å². The van der Waals surface area contributed by atoms with E-state index in [0.29, 0.717) is 12.3 Å². The first-order chi connectivity index (χ1) is 18.7. The van der Waals surface area contributed by atoms with E-state index in [1.807, 2.05) is 45.0 Å². The molecule has 3 amide bonds. The predicted molar refractivity (Wildman–Crippen MR) is 152 cm³/mol. The van der Waals surface area contributed by atoms with Gasteiger partial charge in [-0.2, -0.15) is 0 Å². The second kappa shape index (κ2) is 11.3. The van der Waals surface area contributed by atoms with Crippen LogP contribution >= 0.6 is 11.8 Å². The lowest BCUT2D eigenvalue weighted by atomic mass is 9.65. The van der Waals surface area contributed by atoms with Gasteiger partial charge in [0.1, 0.15) is 11.8 Å². The molecule has 0 aromatic heterocycles. The topological polar surface area (TPSA) is 108 Å². The summed E-state index contributed by atoms with van der Waals surface area (Å²) in [6.07, 6.45) is 6.06. The zero-order valence-corrected chi connectivity index (χ0v) is 24.3. The minimum Gasteiger partial charge on any atom is -0.494 e. The zero-order valence-electron chi connectivity index (χ0n) is 23.5. The van der Waals surface area contributed by atoms with Crippen molar-refractivity contribution in [3.63, 3.8) is 0 Å². The second-order valence-electron chi connectivity index (χ2n) is 12.1. The smallest absolute Gasteiger partial charge is 0.244 e. The van der Waals surface area contributed by atoms with Crippen molar-refractivity contribution in [1.29, 1.82) is 0 Å². The average Bonchev–Trinajstić information content (AvgIpc) is 3.50. The lowest BCUT2D eigenvalue weighted by Gasteiger charge is -2.41. The van der Waals surface area contributed by atoms with Crippen LogP contribution in [0.4, 0.5) is 5.69 Å². The Morgan fingerprint density at radius 1 is 1.15 bits per heavy atom. The molecule has 1 aromatic carbocycles. The van der Waals surface area contributed by atoms with Gasteiger partial charge in [-0.3, -0.25) is 14.4 Å². The highest BCUT2D eigenvalue weighted by atomic mass is 32.2. The molecule has 5 rings (SSSR count). The number of anilines is 1. The van der Waals surface area contributed by atoms with Crippen LogP contribution in [0.1, 0.15) is 66.2 Å². The number of amides is 3. The van der Waals surface area contributed by atoms with Gasteiger partial charge in [0.15, 0.2) is 0 Å². The maximum absolute atomic E-state index is 14.3. The molecule has 8 nitrogen and oxygen atoms in total. The van der Waals surface area contributed by atoms with E-state index in [1.54, 1.807) is 16.7 Å². The molecular weight excluding hydrogens is 514 g/mol. The Morgan fingerprint density at radius 3 is 2.46 bits per heavy atom. The van der Waals surface area contributed by atoms with Crippen molar-refractivity contribution < 1.29 is 24.2 Å². The molecule has 3 saturated heterocycles. The summed E-state index contributed by atoms with van der Waals surface area (Å²) in [5, 5.41) is 16.7. The number of carbonyl (C=O) groups is 3. The van der Waals surface area contributed by atoms with Gasteiger partial charge in [-0.15, -0.1) is 11.8 Å². The van der Waals surface area contributed by atoms with Crippen molar-refractivity contribution in [3.05, 3.63) is 24.3 Å². The number of benzene rings is 1. The molecule has 4 fully saturated rings. The highest BCUT2D eigenvalue weighted by Crippen LogP contribution is 2.69. The maximum atomic E-state index is 14.3. The number of hydrogen-bond acceptors (Lipinski definition) is 6. The second-order valence-corrected chi connectivity index (χ2v) is 13.6. The first kappa shape index (κ1) is 28.3. The maximum Gasteiger partial charge on any atom is 0.244 e. The molecule has 3 unspecified atom stereocenters. The fourth-order valence-corrected chi connectivity index (χ4v) is 10.00. The summed E-state index contributed by atoms with van der Waals surface area (Å²) in [6.45, 7) is 8.34. The molecule has 7 atom stereocenters. The molecule has 1 saturated carbocycles. The third-order valence-electron chi connectivity index (χ3n) is 9.43. The Kier molecular flexibility index (Phi) is 8.20. The summed E-state index contributed by atoms with van der Waals surface area (Å²) in [5.74, 6) is -0.814. The molecule has 3 aliphatic heterocycles. The predicted octanol–water partition coefficient (Wildman–Crippen LogP) is 3.83. The number of aliphatic hydroxyl groups excluding tert-OH is 1. The molecule has 1 spiro atoms. The summed E-state index contributed by atoms with van der Waals surface area (Å²) in [7, 11) is 0. The third-order valence-corrected chi connectivity index (χ3v) is 11.5. The highest BCUT2D eigenvalue weighted by Gasteiger charge is 2.76. The number of nitrogens with zero attached hydrogens (tertiary/aromatic N) is 1. The van der Waals surface area contributed by atoms with Crippen molar-refractivity contribution in [2.75, 3.05) is 18.5 Å². The number of fused-ring (bicyclic) bond motifs is 1. The fraction of sp³-hybridized carbons (Fsp3) is 0.700. The van der Waals surface area contributed by atoms with Gasteiger partial charge in [-0.1, -0.05) is 40.0 Å². The van der Waals surface area contributed by atoms with Crippen LogP contribution in [0.3, 0.4) is 0 Å². The van der Waals surface area contributed by atoms with Crippen LogP contribution in [0.5, 0.6) is 5.75 Å². The van der Waals surface area contributed by atoms with E-state index in [9.17, 15) is 19.5 Å². The molecule has 3 N–H and O–H groups in total. The van der Waals surface area contributed by atoms with Crippen molar-refractivity contribution in [1.82, 2.24) is 10.2 Å². The number of thioether (sulfide) groups is 1. The quantitative estimate of drug-likeness (QED) is 0.426. The summed E-state index contributed by atoms with van der Waals surface area (Å²) in [6, 6.07) is 6.19. The Labute approximate surface area is 236 Å². The zero-order chi connectivity index (χ0) is 27.9. The van der Waals surface area contributed by atoms with Gasteiger partial charge in [0.25, 0.3) is 0 Å². The van der Waals surface area contributed by atoms with Gasteiger partial charge in [0, 0.05) is 17.0 Å². The summed E-state index contributed by atoms with van der Waals surface area (Å²) >= 11 is 1.67. The first-order valence-corrected chi connectivity index (χ1v) is 15.6. The lowest BCUT2D eigenvalue weighted by molar-refractivity contribution is -0.143. The molecule has 0 radical (unpaired) electrons. The molecule has 9 heteroatoms. The molecule has 214 valence electrons. The summed E-state index contributed by atoms with van der Waals surface area (Å²) in [4.78, 5) is 43.9. The Hall–Kier alpha value is -2.26. The molecule has 2 bridgehead atoms. The SMILES string of the molecule is CCOc1ccc(NC(=O)[C@@H]2[C@H]3C(=O)N([C@@H](CO)C(C)C)C(C(=O)NC4CCCCC4)C34S[C@@H]2CC4C)cc1. The van der Waals surface area contributed by atoms with Crippen molar-refractivity contribution in [2.45, 2.75) is 94.3 Å². The number of nitrogens with one attached hydrogen (secondary N) is 2. The number of ether oxygens (including phenoxy) is 1. The van der Waals surface area contributed by atoms with Crippen LogP contribution in [0.15, 0.2) is 24.3 Å². The minimum atomic E-state index is -0.704. The standard InChI is InChI=1S/C30H43N3O5S/c1-5-38-21-13-11-20(12-14-21)31-27(35)24-23-15-18(4)30(39-23)25(24)29(37)33(22(16-34)17(2)3)26(30)28(36)32-19-9-7-6-8-10-19/h11-14,17-19,22-26,34H,5-10,15-16H2,1-4H3,(H,31,35)(H,32,36)/t18?,22-,23+,24-,25-,26?,30?/m0/s1. The Balaban J connectivity index is 1.47. The monoisotopic (exact) mass is 557 g/mol. The molecular formula is C30H43N3O5S. The number of likely N-dealkylation sites (tertiary alicyclic amines) is 1. The number of hydrogen-bond donors (Lipinski definition) is 3. The van der Waals surface area contributed by atoms with Gasteiger partial charge >= 0.3 is 0 Å². The van der Waals surface area contributed by atoms with Crippen LogP contribution < -0.4 is 15.4 Å². The van der Waals surface area contributed by atoms with E-state index in [1.165, 1.54) is 6.42 Å². The Bertz CT molecular complexity index is 1070. The van der Waals surface area contributed by atoms with Crippen LogP contribution in [0.2, 0.25) is 0 Å². The lowest BCUT2D eigenvalue weighted by Crippen LogP contribution is -2.60. The normalized spacial score (nSPS) is 32.8. The van der Waals surface area contributed by atoms with Crippen LogP contribution in [-0.2, 0) is 14.4 Å².